The molecule has 0 N–H and O–H groups in total. The fourth-order valence-electron chi connectivity index (χ4n) is 2.41. The van der Waals surface area contributed by atoms with Gasteiger partial charge in [-0.15, -0.1) is 11.3 Å². The molecular formula is C13H20N2O2S. The van der Waals surface area contributed by atoms with Gasteiger partial charge in [-0.1, -0.05) is 6.92 Å². The van der Waals surface area contributed by atoms with Crippen LogP contribution in [0.1, 0.15) is 43.1 Å². The van der Waals surface area contributed by atoms with Gasteiger partial charge < -0.3 is 9.64 Å². The Labute approximate surface area is 112 Å². The van der Waals surface area contributed by atoms with Crippen LogP contribution in [0, 0.1) is 5.92 Å². The summed E-state index contributed by atoms with van der Waals surface area (Å²) in [7, 11) is 3.45. The summed E-state index contributed by atoms with van der Waals surface area (Å²) in [5.74, 6) is 0.486. The van der Waals surface area contributed by atoms with Crippen molar-refractivity contribution in [3.05, 3.63) is 11.1 Å². The highest BCUT2D eigenvalue weighted by molar-refractivity contribution is 7.13. The van der Waals surface area contributed by atoms with E-state index >= 15 is 0 Å². The zero-order valence-corrected chi connectivity index (χ0v) is 12.0. The molecule has 1 saturated carbocycles. The number of aromatic nitrogens is 1. The molecule has 0 bridgehead atoms. The number of nitrogens with zero attached hydrogens (tertiary/aromatic N) is 2. The number of ether oxygens (including phenoxy) is 1. The lowest BCUT2D eigenvalue weighted by Crippen LogP contribution is -2.34. The van der Waals surface area contributed by atoms with E-state index in [9.17, 15) is 4.79 Å². The van der Waals surface area contributed by atoms with E-state index in [1.807, 2.05) is 0 Å². The van der Waals surface area contributed by atoms with Crippen LogP contribution in [0.15, 0.2) is 5.38 Å². The van der Waals surface area contributed by atoms with E-state index in [1.165, 1.54) is 44.1 Å². The van der Waals surface area contributed by atoms with Gasteiger partial charge in [-0.2, -0.15) is 0 Å². The Kier molecular flexibility index (Phi) is 4.22. The van der Waals surface area contributed by atoms with Gasteiger partial charge in [0.05, 0.1) is 7.11 Å². The van der Waals surface area contributed by atoms with E-state index < -0.39 is 0 Å². The Bertz CT molecular complexity index is 411. The molecule has 1 heterocycles. The van der Waals surface area contributed by atoms with Gasteiger partial charge in [0.25, 0.3) is 0 Å². The summed E-state index contributed by atoms with van der Waals surface area (Å²) < 4.78 is 4.68. The SMILES string of the molecule is COC(=O)c1csc(N(C)C2CCC(C)CC2)n1. The maximum atomic E-state index is 11.4. The maximum absolute atomic E-state index is 11.4. The van der Waals surface area contributed by atoms with E-state index in [0.29, 0.717) is 11.7 Å². The molecule has 100 valence electrons. The molecule has 0 aliphatic heterocycles. The topological polar surface area (TPSA) is 42.4 Å². The molecule has 0 spiro atoms. The molecule has 4 nitrogen and oxygen atoms in total. The van der Waals surface area contributed by atoms with E-state index in [0.717, 1.165) is 11.0 Å². The van der Waals surface area contributed by atoms with Crippen LogP contribution in [0.2, 0.25) is 0 Å². The molecule has 0 saturated heterocycles. The average Bonchev–Trinajstić information content (AvgIpc) is 2.87. The van der Waals surface area contributed by atoms with E-state index in [4.69, 9.17) is 0 Å². The fourth-order valence-corrected chi connectivity index (χ4v) is 3.24. The summed E-state index contributed by atoms with van der Waals surface area (Å²) in [6.07, 6.45) is 4.99. The molecule has 0 atom stereocenters. The third kappa shape index (κ3) is 2.83. The molecule has 0 aromatic carbocycles. The number of esters is 1. The molecule has 5 heteroatoms. The molecule has 1 aliphatic rings. The zero-order valence-electron chi connectivity index (χ0n) is 11.2. The van der Waals surface area contributed by atoms with Crippen LogP contribution in [0.25, 0.3) is 0 Å². The largest absolute Gasteiger partial charge is 0.464 e. The minimum atomic E-state index is -0.358. The lowest BCUT2D eigenvalue weighted by molar-refractivity contribution is 0.0595. The van der Waals surface area contributed by atoms with E-state index in [2.05, 4.69) is 28.6 Å². The van der Waals surface area contributed by atoms with Crippen LogP contribution >= 0.6 is 11.3 Å². The van der Waals surface area contributed by atoms with Gasteiger partial charge in [0.1, 0.15) is 0 Å². The minimum absolute atomic E-state index is 0.358. The Morgan fingerprint density at radius 1 is 1.44 bits per heavy atom. The third-order valence-electron chi connectivity index (χ3n) is 3.72. The van der Waals surface area contributed by atoms with Crippen molar-refractivity contribution in [1.29, 1.82) is 0 Å². The van der Waals surface area contributed by atoms with Gasteiger partial charge in [0.2, 0.25) is 0 Å². The first kappa shape index (κ1) is 13.3. The normalized spacial score (nSPS) is 23.7. The quantitative estimate of drug-likeness (QED) is 0.790. The molecule has 1 aromatic heterocycles. The number of hydrogen-bond donors (Lipinski definition) is 0. The number of thiazole rings is 1. The fraction of sp³-hybridized carbons (Fsp3) is 0.692. The van der Waals surface area contributed by atoms with Gasteiger partial charge in [0.15, 0.2) is 10.8 Å². The van der Waals surface area contributed by atoms with E-state index in [-0.39, 0.29) is 5.97 Å². The highest BCUT2D eigenvalue weighted by Gasteiger charge is 2.24. The summed E-state index contributed by atoms with van der Waals surface area (Å²) in [6.45, 7) is 2.31. The first-order valence-electron chi connectivity index (χ1n) is 6.38. The first-order chi connectivity index (χ1) is 8.61. The number of carbonyl (C=O) groups excluding carboxylic acids is 1. The highest BCUT2D eigenvalue weighted by Crippen LogP contribution is 2.30. The van der Waals surface area contributed by atoms with Crippen molar-refractivity contribution < 1.29 is 9.53 Å². The van der Waals surface area contributed by atoms with Crippen LogP contribution in [0.3, 0.4) is 0 Å². The molecule has 1 fully saturated rings. The van der Waals surface area contributed by atoms with Gasteiger partial charge in [-0.3, -0.25) is 0 Å². The van der Waals surface area contributed by atoms with Crippen LogP contribution in [-0.4, -0.2) is 31.2 Å². The lowest BCUT2D eigenvalue weighted by atomic mass is 9.87. The summed E-state index contributed by atoms with van der Waals surface area (Å²) in [5, 5.41) is 2.68. The number of rotatable bonds is 3. The molecule has 18 heavy (non-hydrogen) atoms. The predicted molar refractivity (Wildman–Crippen MR) is 73.3 cm³/mol. The van der Waals surface area contributed by atoms with Gasteiger partial charge in [0, 0.05) is 18.5 Å². The summed E-state index contributed by atoms with van der Waals surface area (Å²) in [5.41, 5.74) is 0.411. The van der Waals surface area contributed by atoms with Crippen LogP contribution < -0.4 is 4.90 Å². The molecule has 0 amide bonds. The third-order valence-corrected chi connectivity index (χ3v) is 4.65. The van der Waals surface area contributed by atoms with Crippen molar-refractivity contribution in [1.82, 2.24) is 4.98 Å². The van der Waals surface area contributed by atoms with Crippen molar-refractivity contribution in [2.45, 2.75) is 38.6 Å². The van der Waals surface area contributed by atoms with Crippen LogP contribution in [0.4, 0.5) is 5.13 Å². The van der Waals surface area contributed by atoms with Gasteiger partial charge >= 0.3 is 5.97 Å². The molecule has 1 aliphatic carbocycles. The smallest absolute Gasteiger partial charge is 0.357 e. The van der Waals surface area contributed by atoms with Gasteiger partial charge in [-0.25, -0.2) is 9.78 Å². The van der Waals surface area contributed by atoms with Crippen molar-refractivity contribution in [2.75, 3.05) is 19.1 Å². The lowest BCUT2D eigenvalue weighted by Gasteiger charge is -2.33. The van der Waals surface area contributed by atoms with Gasteiger partial charge in [-0.05, 0) is 31.6 Å². The average molecular weight is 268 g/mol. The predicted octanol–water partition coefficient (Wildman–Crippen LogP) is 2.94. The Hall–Kier alpha value is -1.10. The summed E-state index contributed by atoms with van der Waals surface area (Å²) >= 11 is 1.51. The van der Waals surface area contributed by atoms with Crippen molar-refractivity contribution in [2.24, 2.45) is 5.92 Å². The molecule has 1 aromatic rings. The molecule has 0 unspecified atom stereocenters. The maximum Gasteiger partial charge on any atom is 0.357 e. The molecule has 0 radical (unpaired) electrons. The van der Waals surface area contributed by atoms with Crippen LogP contribution in [0.5, 0.6) is 0 Å². The zero-order chi connectivity index (χ0) is 13.1. The Morgan fingerprint density at radius 2 is 2.11 bits per heavy atom. The number of hydrogen-bond acceptors (Lipinski definition) is 5. The minimum Gasteiger partial charge on any atom is -0.464 e. The second-order valence-corrected chi connectivity index (χ2v) is 5.87. The monoisotopic (exact) mass is 268 g/mol. The number of anilines is 1. The second kappa shape index (κ2) is 5.69. The molecule has 2 rings (SSSR count). The Morgan fingerprint density at radius 3 is 2.72 bits per heavy atom. The standard InChI is InChI=1S/C13H20N2O2S/c1-9-4-6-10(7-5-9)15(2)13-14-11(8-18-13)12(16)17-3/h8-10H,4-7H2,1-3H3. The Balaban J connectivity index is 2.02. The number of methoxy groups -OCH3 is 1. The number of carbonyl (C=O) groups is 1. The van der Waals surface area contributed by atoms with Crippen LogP contribution in [-0.2, 0) is 4.74 Å². The molecular weight excluding hydrogens is 248 g/mol. The summed E-state index contributed by atoms with van der Waals surface area (Å²) in [6, 6.07) is 0.554. The summed E-state index contributed by atoms with van der Waals surface area (Å²) in [4.78, 5) is 17.9. The highest BCUT2D eigenvalue weighted by atomic mass is 32.1. The van der Waals surface area contributed by atoms with Crippen molar-refractivity contribution >= 4 is 22.4 Å². The first-order valence-corrected chi connectivity index (χ1v) is 7.26. The van der Waals surface area contributed by atoms with Crippen molar-refractivity contribution in [3.8, 4) is 0 Å². The van der Waals surface area contributed by atoms with E-state index in [1.54, 1.807) is 5.38 Å². The second-order valence-electron chi connectivity index (χ2n) is 5.03. The van der Waals surface area contributed by atoms with Crippen molar-refractivity contribution in [3.63, 3.8) is 0 Å².